The van der Waals surface area contributed by atoms with E-state index in [4.69, 9.17) is 14.6 Å². The molecule has 3 aromatic rings. The van der Waals surface area contributed by atoms with Gasteiger partial charge in [0.15, 0.2) is 6.10 Å². The van der Waals surface area contributed by atoms with Crippen LogP contribution >= 0.6 is 0 Å². The van der Waals surface area contributed by atoms with Gasteiger partial charge in [-0.25, -0.2) is 18.4 Å². The van der Waals surface area contributed by atoms with E-state index in [1.165, 1.54) is 12.1 Å². The van der Waals surface area contributed by atoms with E-state index < -0.39 is 28.1 Å². The zero-order valence-electron chi connectivity index (χ0n) is 17.7. The van der Waals surface area contributed by atoms with Crippen molar-refractivity contribution in [2.24, 2.45) is 5.14 Å². The monoisotopic (exact) mass is 454 g/mol. The highest BCUT2D eigenvalue weighted by atomic mass is 32.2. The van der Waals surface area contributed by atoms with Crippen molar-refractivity contribution in [2.45, 2.75) is 30.6 Å². The average Bonchev–Trinajstić information content (AvgIpc) is 2.79. The van der Waals surface area contributed by atoms with Crippen LogP contribution in [0, 0.1) is 0 Å². The Hall–Kier alpha value is -3.20. The molecule has 3 rings (SSSR count). The number of nitrogens with one attached hydrogen (secondary N) is 1. The van der Waals surface area contributed by atoms with Crippen LogP contribution < -0.4 is 10.5 Å². The standard InChI is InChI=1S/C24H26N2O5S/c1-2-30-24(27)23(31-17-18-9-5-3-6-10-18)22(19-11-7-4-8-12-19)26-20-13-15-21(16-14-20)32(25,28)29/h3-16,22-23,26H,2,17H2,1H3,(H2,25,28,29)/t22-,23-/m1/s1. The van der Waals surface area contributed by atoms with E-state index in [-0.39, 0.29) is 18.1 Å². The summed E-state index contributed by atoms with van der Waals surface area (Å²) < 4.78 is 34.5. The fraction of sp³-hybridized carbons (Fsp3) is 0.208. The minimum atomic E-state index is -3.80. The molecule has 0 amide bonds. The molecule has 0 saturated heterocycles. The number of hydrogen-bond acceptors (Lipinski definition) is 6. The van der Waals surface area contributed by atoms with Crippen LogP contribution in [0.5, 0.6) is 0 Å². The summed E-state index contributed by atoms with van der Waals surface area (Å²) in [6.45, 7) is 2.18. The molecule has 0 aromatic heterocycles. The number of primary sulfonamides is 1. The highest BCUT2D eigenvalue weighted by Gasteiger charge is 2.32. The first-order chi connectivity index (χ1) is 15.4. The van der Waals surface area contributed by atoms with Crippen molar-refractivity contribution in [3.05, 3.63) is 96.1 Å². The maximum atomic E-state index is 12.9. The Morgan fingerprint density at radius 2 is 1.53 bits per heavy atom. The number of anilines is 1. The molecule has 3 N–H and O–H groups in total. The van der Waals surface area contributed by atoms with E-state index in [1.807, 2.05) is 60.7 Å². The maximum absolute atomic E-state index is 12.9. The Balaban J connectivity index is 1.92. The molecule has 0 unspecified atom stereocenters. The lowest BCUT2D eigenvalue weighted by Crippen LogP contribution is -2.36. The summed E-state index contributed by atoms with van der Waals surface area (Å²) in [5.41, 5.74) is 2.34. The summed E-state index contributed by atoms with van der Waals surface area (Å²) in [5.74, 6) is -0.494. The van der Waals surface area contributed by atoms with Gasteiger partial charge in [-0.2, -0.15) is 0 Å². The van der Waals surface area contributed by atoms with Crippen molar-refractivity contribution in [1.82, 2.24) is 0 Å². The van der Waals surface area contributed by atoms with Crippen molar-refractivity contribution in [3.8, 4) is 0 Å². The zero-order chi connectivity index (χ0) is 23.0. The fourth-order valence-electron chi connectivity index (χ4n) is 3.20. The van der Waals surface area contributed by atoms with E-state index >= 15 is 0 Å². The molecule has 0 aliphatic carbocycles. The SMILES string of the molecule is CCOC(=O)[C@H](OCc1ccccc1)[C@H](Nc1ccc(S(N)(=O)=O)cc1)c1ccccc1. The van der Waals surface area contributed by atoms with Crippen molar-refractivity contribution in [2.75, 3.05) is 11.9 Å². The second kappa shape index (κ2) is 10.9. The van der Waals surface area contributed by atoms with Crippen LogP contribution in [0.25, 0.3) is 0 Å². The lowest BCUT2D eigenvalue weighted by Gasteiger charge is -2.28. The smallest absolute Gasteiger partial charge is 0.337 e. The first-order valence-electron chi connectivity index (χ1n) is 10.1. The van der Waals surface area contributed by atoms with Crippen molar-refractivity contribution >= 4 is 21.7 Å². The molecule has 0 radical (unpaired) electrons. The molecule has 0 heterocycles. The van der Waals surface area contributed by atoms with Crippen LogP contribution in [0.2, 0.25) is 0 Å². The number of benzene rings is 3. The van der Waals surface area contributed by atoms with E-state index in [0.717, 1.165) is 11.1 Å². The average molecular weight is 455 g/mol. The summed E-state index contributed by atoms with van der Waals surface area (Å²) in [6.07, 6.45) is -0.949. The van der Waals surface area contributed by atoms with Crippen LogP contribution in [0.3, 0.4) is 0 Å². The van der Waals surface area contributed by atoms with Crippen LogP contribution in [-0.4, -0.2) is 27.1 Å². The molecule has 32 heavy (non-hydrogen) atoms. The van der Waals surface area contributed by atoms with E-state index in [0.29, 0.717) is 5.69 Å². The second-order valence-corrected chi connectivity index (χ2v) is 8.63. The molecule has 168 valence electrons. The first-order valence-corrected chi connectivity index (χ1v) is 11.7. The summed E-state index contributed by atoms with van der Waals surface area (Å²) in [6, 6.07) is 24.3. The van der Waals surface area contributed by atoms with Crippen molar-refractivity contribution in [3.63, 3.8) is 0 Å². The van der Waals surface area contributed by atoms with Crippen LogP contribution in [0.4, 0.5) is 5.69 Å². The quantitative estimate of drug-likeness (QED) is 0.453. The van der Waals surface area contributed by atoms with E-state index in [1.54, 1.807) is 19.1 Å². The van der Waals surface area contributed by atoms with Gasteiger partial charge in [-0.05, 0) is 42.3 Å². The lowest BCUT2D eigenvalue weighted by atomic mass is 10.0. The highest BCUT2D eigenvalue weighted by molar-refractivity contribution is 7.89. The van der Waals surface area contributed by atoms with Gasteiger partial charge in [0.1, 0.15) is 0 Å². The van der Waals surface area contributed by atoms with Crippen LogP contribution in [-0.2, 0) is 30.9 Å². The van der Waals surface area contributed by atoms with Crippen molar-refractivity contribution in [1.29, 1.82) is 0 Å². The number of esters is 1. The lowest BCUT2D eigenvalue weighted by molar-refractivity contribution is -0.158. The number of rotatable bonds is 10. The van der Waals surface area contributed by atoms with Gasteiger partial charge in [-0.15, -0.1) is 0 Å². The Labute approximate surface area is 188 Å². The summed E-state index contributed by atoms with van der Waals surface area (Å²) >= 11 is 0. The van der Waals surface area contributed by atoms with E-state index in [9.17, 15) is 13.2 Å². The van der Waals surface area contributed by atoms with Gasteiger partial charge in [0.25, 0.3) is 0 Å². The Kier molecular flexibility index (Phi) is 7.99. The Morgan fingerprint density at radius 1 is 0.938 bits per heavy atom. The number of hydrogen-bond donors (Lipinski definition) is 2. The molecule has 0 spiro atoms. The molecule has 7 nitrogen and oxygen atoms in total. The number of carbonyl (C=O) groups is 1. The minimum Gasteiger partial charge on any atom is -0.464 e. The van der Waals surface area contributed by atoms with Crippen LogP contribution in [0.15, 0.2) is 89.8 Å². The molecule has 0 bridgehead atoms. The van der Waals surface area contributed by atoms with Gasteiger partial charge in [-0.3, -0.25) is 0 Å². The summed E-state index contributed by atoms with van der Waals surface area (Å²) in [4.78, 5) is 12.9. The first kappa shape index (κ1) is 23.5. The largest absolute Gasteiger partial charge is 0.464 e. The molecule has 0 fully saturated rings. The molecule has 3 aromatic carbocycles. The topological polar surface area (TPSA) is 108 Å². The second-order valence-electron chi connectivity index (χ2n) is 7.07. The molecule has 8 heteroatoms. The third-order valence-electron chi connectivity index (χ3n) is 4.76. The van der Waals surface area contributed by atoms with Crippen LogP contribution in [0.1, 0.15) is 24.1 Å². The maximum Gasteiger partial charge on any atom is 0.337 e. The number of sulfonamides is 1. The predicted octanol–water partition coefficient (Wildman–Crippen LogP) is 3.64. The number of nitrogens with two attached hydrogens (primary N) is 1. The number of carbonyl (C=O) groups excluding carboxylic acids is 1. The summed E-state index contributed by atoms with van der Waals surface area (Å²) in [5, 5.41) is 8.47. The molecule has 0 saturated carbocycles. The zero-order valence-corrected chi connectivity index (χ0v) is 18.5. The number of ether oxygens (including phenoxy) is 2. The normalized spacial score (nSPS) is 13.2. The Morgan fingerprint density at radius 3 is 2.09 bits per heavy atom. The third-order valence-corrected chi connectivity index (χ3v) is 5.69. The molecule has 0 aliphatic heterocycles. The summed E-state index contributed by atoms with van der Waals surface area (Å²) in [7, 11) is -3.80. The van der Waals surface area contributed by atoms with Gasteiger partial charge >= 0.3 is 5.97 Å². The van der Waals surface area contributed by atoms with Crippen molar-refractivity contribution < 1.29 is 22.7 Å². The third kappa shape index (κ3) is 6.40. The molecule has 0 aliphatic rings. The minimum absolute atomic E-state index is 0.00146. The van der Waals surface area contributed by atoms with Gasteiger partial charge in [0.05, 0.1) is 24.2 Å². The molecular weight excluding hydrogens is 428 g/mol. The predicted molar refractivity (Wildman–Crippen MR) is 122 cm³/mol. The highest BCUT2D eigenvalue weighted by Crippen LogP contribution is 2.27. The molecular formula is C24H26N2O5S. The van der Waals surface area contributed by atoms with E-state index in [2.05, 4.69) is 5.32 Å². The molecule has 2 atom stereocenters. The van der Waals surface area contributed by atoms with Gasteiger partial charge in [-0.1, -0.05) is 60.7 Å². The van der Waals surface area contributed by atoms with Gasteiger partial charge in [0.2, 0.25) is 10.0 Å². The van der Waals surface area contributed by atoms with Gasteiger partial charge in [0, 0.05) is 5.69 Å². The fourth-order valence-corrected chi connectivity index (χ4v) is 3.72. The van der Waals surface area contributed by atoms with Gasteiger partial charge < -0.3 is 14.8 Å². The Bertz CT molecular complexity index is 1100.